The summed E-state index contributed by atoms with van der Waals surface area (Å²) in [5.74, 6) is -1.39. The van der Waals surface area contributed by atoms with Crippen LogP contribution in [0.2, 0.25) is 0 Å². The fourth-order valence-corrected chi connectivity index (χ4v) is 1.83. The molecule has 1 aliphatic rings. The Balaban J connectivity index is 2.40. The second kappa shape index (κ2) is 5.11. The first-order chi connectivity index (χ1) is 9.40. The molecule has 20 heavy (non-hydrogen) atoms. The van der Waals surface area contributed by atoms with Crippen LogP contribution in [0.5, 0.6) is 0 Å². The molecule has 1 fully saturated rings. The van der Waals surface area contributed by atoms with Crippen molar-refractivity contribution in [1.82, 2.24) is 9.47 Å². The molecule has 0 aliphatic carbocycles. The summed E-state index contributed by atoms with van der Waals surface area (Å²) in [6.45, 7) is 0.858. The van der Waals surface area contributed by atoms with Gasteiger partial charge in [-0.25, -0.2) is 0 Å². The molecule has 2 amide bonds. The molecule has 1 aromatic heterocycles. The van der Waals surface area contributed by atoms with Crippen LogP contribution in [0, 0.1) is 10.1 Å². The highest BCUT2D eigenvalue weighted by atomic mass is 16.6. The number of nitrogens with zero attached hydrogens (tertiary/aromatic N) is 3. The van der Waals surface area contributed by atoms with E-state index >= 15 is 0 Å². The molecule has 9 heteroatoms. The standard InChI is InChI=1S/C11H12N4O5/c12-10(17)8-4-7(15(19)20)5-14(11(8)18)6-9(16)13-2-1-3-13/h4-5H,1-3,6H2,(H2,12,17). The zero-order valence-corrected chi connectivity index (χ0v) is 10.4. The normalized spacial score (nSPS) is 13.7. The van der Waals surface area contributed by atoms with Crippen LogP contribution in [0.1, 0.15) is 16.8 Å². The van der Waals surface area contributed by atoms with E-state index in [1.54, 1.807) is 0 Å². The van der Waals surface area contributed by atoms with Gasteiger partial charge in [-0.1, -0.05) is 0 Å². The Labute approximate surface area is 112 Å². The molecule has 0 atom stereocenters. The first kappa shape index (κ1) is 13.7. The summed E-state index contributed by atoms with van der Waals surface area (Å²) in [5, 5.41) is 10.8. The number of hydrogen-bond acceptors (Lipinski definition) is 5. The zero-order chi connectivity index (χ0) is 14.9. The van der Waals surface area contributed by atoms with Gasteiger partial charge in [0.2, 0.25) is 5.91 Å². The predicted molar refractivity (Wildman–Crippen MR) is 67.1 cm³/mol. The first-order valence-electron chi connectivity index (χ1n) is 5.86. The molecule has 0 aromatic carbocycles. The smallest absolute Gasteiger partial charge is 0.286 e. The average Bonchev–Trinajstić information content (AvgIpc) is 2.28. The number of nitro groups is 1. The van der Waals surface area contributed by atoms with Crippen LogP contribution in [-0.2, 0) is 11.3 Å². The zero-order valence-electron chi connectivity index (χ0n) is 10.4. The fourth-order valence-electron chi connectivity index (χ4n) is 1.83. The van der Waals surface area contributed by atoms with Crippen molar-refractivity contribution in [1.29, 1.82) is 0 Å². The number of pyridine rings is 1. The van der Waals surface area contributed by atoms with E-state index in [2.05, 4.69) is 0 Å². The van der Waals surface area contributed by atoms with Crippen molar-refractivity contribution >= 4 is 17.5 Å². The fraction of sp³-hybridized carbons (Fsp3) is 0.364. The van der Waals surface area contributed by atoms with Crippen molar-refractivity contribution in [2.24, 2.45) is 5.73 Å². The highest BCUT2D eigenvalue weighted by Crippen LogP contribution is 2.11. The van der Waals surface area contributed by atoms with E-state index < -0.39 is 27.6 Å². The topological polar surface area (TPSA) is 129 Å². The van der Waals surface area contributed by atoms with Gasteiger partial charge in [0, 0.05) is 19.2 Å². The Morgan fingerprint density at radius 1 is 1.40 bits per heavy atom. The lowest BCUT2D eigenvalue weighted by atomic mass is 10.2. The van der Waals surface area contributed by atoms with Crippen molar-refractivity contribution in [3.63, 3.8) is 0 Å². The van der Waals surface area contributed by atoms with Crippen LogP contribution in [0.25, 0.3) is 0 Å². The van der Waals surface area contributed by atoms with Gasteiger partial charge in [-0.2, -0.15) is 0 Å². The predicted octanol–water partition coefficient (Wildman–Crippen LogP) is -0.912. The summed E-state index contributed by atoms with van der Waals surface area (Å²) in [4.78, 5) is 46.4. The third kappa shape index (κ3) is 2.51. The number of primary amides is 1. The van der Waals surface area contributed by atoms with Crippen LogP contribution >= 0.6 is 0 Å². The van der Waals surface area contributed by atoms with Gasteiger partial charge in [0.15, 0.2) is 0 Å². The van der Waals surface area contributed by atoms with Crippen LogP contribution in [0.3, 0.4) is 0 Å². The molecule has 0 saturated carbocycles. The van der Waals surface area contributed by atoms with Gasteiger partial charge < -0.3 is 10.6 Å². The molecule has 0 bridgehead atoms. The van der Waals surface area contributed by atoms with E-state index in [1.165, 1.54) is 4.90 Å². The van der Waals surface area contributed by atoms with Gasteiger partial charge in [0.25, 0.3) is 17.2 Å². The second-order valence-electron chi connectivity index (χ2n) is 4.40. The Kier molecular flexibility index (Phi) is 3.51. The minimum absolute atomic E-state index is 0.325. The third-order valence-electron chi connectivity index (χ3n) is 3.06. The van der Waals surface area contributed by atoms with Gasteiger partial charge in [-0.05, 0) is 6.42 Å². The van der Waals surface area contributed by atoms with Gasteiger partial charge in [-0.3, -0.25) is 29.1 Å². The highest BCUT2D eigenvalue weighted by Gasteiger charge is 2.23. The first-order valence-corrected chi connectivity index (χ1v) is 5.86. The molecule has 2 N–H and O–H groups in total. The van der Waals surface area contributed by atoms with Crippen LogP contribution in [-0.4, -0.2) is 39.3 Å². The van der Waals surface area contributed by atoms with E-state index in [4.69, 9.17) is 5.73 Å². The number of likely N-dealkylation sites (tertiary alicyclic amines) is 1. The lowest BCUT2D eigenvalue weighted by Gasteiger charge is -2.31. The van der Waals surface area contributed by atoms with Gasteiger partial charge >= 0.3 is 0 Å². The Morgan fingerprint density at radius 3 is 2.50 bits per heavy atom. The largest absolute Gasteiger partial charge is 0.365 e. The van der Waals surface area contributed by atoms with E-state index in [9.17, 15) is 24.5 Å². The number of hydrogen-bond donors (Lipinski definition) is 1. The molecular formula is C11H12N4O5. The molecule has 1 aromatic rings. The number of carbonyl (C=O) groups is 2. The minimum Gasteiger partial charge on any atom is -0.365 e. The van der Waals surface area contributed by atoms with E-state index in [0.717, 1.165) is 23.3 Å². The van der Waals surface area contributed by atoms with Crippen LogP contribution < -0.4 is 11.3 Å². The van der Waals surface area contributed by atoms with Crippen molar-refractivity contribution in [3.8, 4) is 0 Å². The third-order valence-corrected chi connectivity index (χ3v) is 3.06. The van der Waals surface area contributed by atoms with Crippen molar-refractivity contribution in [2.75, 3.05) is 13.1 Å². The summed E-state index contributed by atoms with van der Waals surface area (Å²) >= 11 is 0. The van der Waals surface area contributed by atoms with E-state index in [-0.39, 0.29) is 12.5 Å². The number of amides is 2. The lowest BCUT2D eigenvalue weighted by Crippen LogP contribution is -2.45. The molecule has 9 nitrogen and oxygen atoms in total. The van der Waals surface area contributed by atoms with Crippen LogP contribution in [0.15, 0.2) is 17.1 Å². The maximum absolute atomic E-state index is 11.9. The molecule has 0 spiro atoms. The lowest BCUT2D eigenvalue weighted by molar-refractivity contribution is -0.385. The minimum atomic E-state index is -1.07. The van der Waals surface area contributed by atoms with E-state index in [0.29, 0.717) is 13.1 Å². The quantitative estimate of drug-likeness (QED) is 0.563. The van der Waals surface area contributed by atoms with Crippen molar-refractivity contribution < 1.29 is 14.5 Å². The summed E-state index contributed by atoms with van der Waals surface area (Å²) in [6, 6.07) is 0.815. The number of carbonyl (C=O) groups excluding carboxylic acids is 2. The number of nitrogens with two attached hydrogens (primary N) is 1. The van der Waals surface area contributed by atoms with Gasteiger partial charge in [-0.15, -0.1) is 0 Å². The highest BCUT2D eigenvalue weighted by molar-refractivity contribution is 5.93. The molecule has 0 radical (unpaired) electrons. The Morgan fingerprint density at radius 2 is 2.05 bits per heavy atom. The molecule has 1 aliphatic heterocycles. The monoisotopic (exact) mass is 280 g/mol. The summed E-state index contributed by atoms with van der Waals surface area (Å²) in [5.41, 5.74) is 3.23. The maximum atomic E-state index is 11.9. The summed E-state index contributed by atoms with van der Waals surface area (Å²) < 4.78 is 0.846. The molecule has 106 valence electrons. The molecule has 0 unspecified atom stereocenters. The SMILES string of the molecule is NC(=O)c1cc([N+](=O)[O-])cn(CC(=O)N2CCC2)c1=O. The number of aromatic nitrogens is 1. The Bertz CT molecular complexity index is 647. The average molecular weight is 280 g/mol. The molecular weight excluding hydrogens is 268 g/mol. The van der Waals surface area contributed by atoms with Gasteiger partial charge in [0.1, 0.15) is 12.1 Å². The van der Waals surface area contributed by atoms with Crippen molar-refractivity contribution in [3.05, 3.63) is 38.3 Å². The van der Waals surface area contributed by atoms with Crippen LogP contribution in [0.4, 0.5) is 5.69 Å². The molecule has 2 heterocycles. The van der Waals surface area contributed by atoms with E-state index in [1.807, 2.05) is 0 Å². The summed E-state index contributed by atoms with van der Waals surface area (Å²) in [7, 11) is 0. The van der Waals surface area contributed by atoms with Crippen molar-refractivity contribution in [2.45, 2.75) is 13.0 Å². The molecule has 1 saturated heterocycles. The van der Waals surface area contributed by atoms with Gasteiger partial charge in [0.05, 0.1) is 11.1 Å². The Hall–Kier alpha value is -2.71. The second-order valence-corrected chi connectivity index (χ2v) is 4.40. The maximum Gasteiger partial charge on any atom is 0.286 e. The molecule has 2 rings (SSSR count). The summed E-state index contributed by atoms with van der Waals surface area (Å²) in [6.07, 6.45) is 1.83. The number of rotatable bonds is 4.